The predicted molar refractivity (Wildman–Crippen MR) is 136 cm³/mol. The van der Waals surface area contributed by atoms with Gasteiger partial charge in [-0.3, -0.25) is 4.79 Å². The molecule has 7 nitrogen and oxygen atoms in total. The van der Waals surface area contributed by atoms with Crippen molar-refractivity contribution in [3.05, 3.63) is 72.0 Å². The summed E-state index contributed by atoms with van der Waals surface area (Å²) in [5.74, 6) is 1.88. The van der Waals surface area contributed by atoms with Crippen LogP contribution in [0, 0.1) is 5.82 Å². The molecule has 1 fully saturated rings. The van der Waals surface area contributed by atoms with E-state index in [1.807, 2.05) is 66.4 Å². The van der Waals surface area contributed by atoms with E-state index in [1.165, 1.54) is 12.1 Å². The molecule has 0 radical (unpaired) electrons. The molecule has 4 aromatic rings. The number of halogens is 1. The number of amides is 1. The molecular formula is C28H27FN4O3. The lowest BCUT2D eigenvalue weighted by Crippen LogP contribution is -2.39. The second-order valence-electron chi connectivity index (χ2n) is 9.47. The number of ether oxygens (including phenoxy) is 2. The van der Waals surface area contributed by atoms with Crippen LogP contribution in [-0.2, 0) is 0 Å². The molecule has 1 saturated heterocycles. The van der Waals surface area contributed by atoms with Gasteiger partial charge >= 0.3 is 0 Å². The zero-order valence-electron chi connectivity index (χ0n) is 20.3. The predicted octanol–water partition coefficient (Wildman–Crippen LogP) is 5.11. The number of rotatable bonds is 4. The number of hydrogen-bond donors (Lipinski definition) is 0. The molecular weight excluding hydrogens is 459 g/mol. The van der Waals surface area contributed by atoms with Crippen LogP contribution >= 0.6 is 0 Å². The van der Waals surface area contributed by atoms with Crippen molar-refractivity contribution < 1.29 is 18.7 Å². The van der Waals surface area contributed by atoms with Gasteiger partial charge in [-0.1, -0.05) is 0 Å². The average Bonchev–Trinajstić information content (AvgIpc) is 3.52. The molecule has 0 N–H and O–H groups in total. The first-order valence-electron chi connectivity index (χ1n) is 12.1. The lowest BCUT2D eigenvalue weighted by Gasteiger charge is -2.34. The molecule has 3 aromatic carbocycles. The Morgan fingerprint density at radius 3 is 2.47 bits per heavy atom. The van der Waals surface area contributed by atoms with E-state index in [9.17, 15) is 9.18 Å². The molecule has 2 aliphatic rings. The number of fused-ring (bicyclic) bond motifs is 2. The van der Waals surface area contributed by atoms with Crippen molar-refractivity contribution in [2.75, 3.05) is 38.9 Å². The van der Waals surface area contributed by atoms with Gasteiger partial charge in [-0.25, -0.2) is 9.37 Å². The summed E-state index contributed by atoms with van der Waals surface area (Å²) in [5.41, 5.74) is 4.14. The molecule has 0 unspecified atom stereocenters. The number of piperidine rings is 1. The molecule has 8 heteroatoms. The van der Waals surface area contributed by atoms with Crippen molar-refractivity contribution in [2.24, 2.45) is 0 Å². The van der Waals surface area contributed by atoms with Crippen LogP contribution in [0.15, 0.2) is 60.7 Å². The van der Waals surface area contributed by atoms with E-state index in [4.69, 9.17) is 14.5 Å². The molecule has 36 heavy (non-hydrogen) atoms. The van der Waals surface area contributed by atoms with Gasteiger partial charge in [0.15, 0.2) is 11.5 Å². The highest BCUT2D eigenvalue weighted by Gasteiger charge is 2.28. The van der Waals surface area contributed by atoms with E-state index in [-0.39, 0.29) is 24.6 Å². The van der Waals surface area contributed by atoms with Crippen LogP contribution in [0.3, 0.4) is 0 Å². The van der Waals surface area contributed by atoms with Gasteiger partial charge in [-0.15, -0.1) is 0 Å². The molecule has 6 rings (SSSR count). The van der Waals surface area contributed by atoms with Crippen molar-refractivity contribution in [2.45, 2.75) is 18.9 Å². The van der Waals surface area contributed by atoms with E-state index in [2.05, 4.69) is 4.57 Å². The third-order valence-corrected chi connectivity index (χ3v) is 7.03. The fourth-order valence-electron chi connectivity index (χ4n) is 5.09. The number of aromatic nitrogens is 2. The van der Waals surface area contributed by atoms with Crippen LogP contribution in [0.5, 0.6) is 11.5 Å². The first-order valence-corrected chi connectivity index (χ1v) is 12.1. The molecule has 2 aliphatic heterocycles. The van der Waals surface area contributed by atoms with Gasteiger partial charge in [0.25, 0.3) is 5.91 Å². The number of likely N-dealkylation sites (tertiary alicyclic amines) is 1. The van der Waals surface area contributed by atoms with Crippen LogP contribution in [0.1, 0.15) is 29.2 Å². The SMILES string of the molecule is CN(C)c1ccc(C(=O)N2CCC(n3c(-c4ccc5c(c4)OCO5)nc4cc(F)ccc43)CC2)cc1. The number of benzene rings is 3. The molecule has 1 aromatic heterocycles. The number of nitrogens with zero attached hydrogens (tertiary/aromatic N) is 4. The second kappa shape index (κ2) is 8.86. The smallest absolute Gasteiger partial charge is 0.253 e. The Kier molecular flexibility index (Phi) is 5.51. The van der Waals surface area contributed by atoms with Crippen LogP contribution in [0.25, 0.3) is 22.4 Å². The summed E-state index contributed by atoms with van der Waals surface area (Å²) >= 11 is 0. The Labute approximate surface area is 208 Å². The van der Waals surface area contributed by atoms with E-state index < -0.39 is 0 Å². The monoisotopic (exact) mass is 486 g/mol. The number of imidazole rings is 1. The average molecular weight is 487 g/mol. The Hall–Kier alpha value is -4.07. The molecule has 184 valence electrons. The Morgan fingerprint density at radius 1 is 0.972 bits per heavy atom. The molecule has 0 saturated carbocycles. The molecule has 0 bridgehead atoms. The van der Waals surface area contributed by atoms with Crippen molar-refractivity contribution in [1.29, 1.82) is 0 Å². The lowest BCUT2D eigenvalue weighted by molar-refractivity contribution is 0.0696. The maximum atomic E-state index is 14.0. The third-order valence-electron chi connectivity index (χ3n) is 7.03. The van der Waals surface area contributed by atoms with Crippen LogP contribution in [-0.4, -0.2) is 54.3 Å². The quantitative estimate of drug-likeness (QED) is 0.401. The van der Waals surface area contributed by atoms with Gasteiger partial charge in [-0.05, 0) is 67.4 Å². The van der Waals surface area contributed by atoms with Gasteiger partial charge in [0, 0.05) is 56.1 Å². The summed E-state index contributed by atoms with van der Waals surface area (Å²) in [6.45, 7) is 1.48. The van der Waals surface area contributed by atoms with E-state index >= 15 is 0 Å². The third kappa shape index (κ3) is 3.92. The van der Waals surface area contributed by atoms with E-state index in [1.54, 1.807) is 6.07 Å². The molecule has 0 aliphatic carbocycles. The van der Waals surface area contributed by atoms with E-state index in [0.717, 1.165) is 35.4 Å². The van der Waals surface area contributed by atoms with Gasteiger partial charge < -0.3 is 23.8 Å². The standard InChI is InChI=1S/C28H27FN4O3/c1-31(2)21-7-3-18(4-8-21)28(34)32-13-11-22(12-14-32)33-24-9-6-20(29)16-23(24)30-27(33)19-5-10-25-26(15-19)36-17-35-25/h3-10,15-16,22H,11-14,17H2,1-2H3. The summed E-state index contributed by atoms with van der Waals surface area (Å²) in [6.07, 6.45) is 1.56. The minimum Gasteiger partial charge on any atom is -0.454 e. The minimum atomic E-state index is -0.315. The number of hydrogen-bond acceptors (Lipinski definition) is 5. The molecule has 0 atom stereocenters. The van der Waals surface area contributed by atoms with Crippen molar-refractivity contribution in [3.8, 4) is 22.9 Å². The zero-order chi connectivity index (χ0) is 24.8. The van der Waals surface area contributed by atoms with Gasteiger partial charge in [-0.2, -0.15) is 0 Å². The number of anilines is 1. The summed E-state index contributed by atoms with van der Waals surface area (Å²) in [6, 6.07) is 18.3. The first-order chi connectivity index (χ1) is 17.5. The fourth-order valence-corrected chi connectivity index (χ4v) is 5.09. The van der Waals surface area contributed by atoms with Crippen LogP contribution < -0.4 is 14.4 Å². The van der Waals surface area contributed by atoms with Crippen molar-refractivity contribution in [3.63, 3.8) is 0 Å². The summed E-state index contributed by atoms with van der Waals surface area (Å²) in [7, 11) is 3.96. The summed E-state index contributed by atoms with van der Waals surface area (Å²) in [5, 5.41) is 0. The maximum absolute atomic E-state index is 14.0. The normalized spacial score (nSPS) is 15.5. The Morgan fingerprint density at radius 2 is 1.72 bits per heavy atom. The number of carbonyl (C=O) groups is 1. The highest BCUT2D eigenvalue weighted by Crippen LogP contribution is 2.39. The van der Waals surface area contributed by atoms with Gasteiger partial charge in [0.05, 0.1) is 11.0 Å². The topological polar surface area (TPSA) is 59.8 Å². The largest absolute Gasteiger partial charge is 0.454 e. The Bertz CT molecular complexity index is 1440. The second-order valence-corrected chi connectivity index (χ2v) is 9.47. The molecule has 1 amide bonds. The molecule has 0 spiro atoms. The first kappa shape index (κ1) is 22.4. The van der Waals surface area contributed by atoms with Crippen LogP contribution in [0.2, 0.25) is 0 Å². The lowest BCUT2D eigenvalue weighted by atomic mass is 10.0. The highest BCUT2D eigenvalue weighted by atomic mass is 19.1. The van der Waals surface area contributed by atoms with Crippen molar-refractivity contribution >= 4 is 22.6 Å². The maximum Gasteiger partial charge on any atom is 0.253 e. The summed E-state index contributed by atoms with van der Waals surface area (Å²) in [4.78, 5) is 21.9. The Balaban J connectivity index is 1.28. The van der Waals surface area contributed by atoms with Crippen LogP contribution in [0.4, 0.5) is 10.1 Å². The van der Waals surface area contributed by atoms with Gasteiger partial charge in [0.1, 0.15) is 11.6 Å². The molecule has 3 heterocycles. The van der Waals surface area contributed by atoms with Crippen molar-refractivity contribution in [1.82, 2.24) is 14.5 Å². The van der Waals surface area contributed by atoms with E-state index in [0.29, 0.717) is 35.7 Å². The summed E-state index contributed by atoms with van der Waals surface area (Å²) < 4.78 is 27.3. The highest BCUT2D eigenvalue weighted by molar-refractivity contribution is 5.94. The fraction of sp³-hybridized carbons (Fsp3) is 0.286. The zero-order valence-corrected chi connectivity index (χ0v) is 20.3. The van der Waals surface area contributed by atoms with Gasteiger partial charge in [0.2, 0.25) is 6.79 Å². The number of carbonyl (C=O) groups excluding carboxylic acids is 1. The minimum absolute atomic E-state index is 0.0484.